The second kappa shape index (κ2) is 6.48. The maximum absolute atomic E-state index is 5.83. The summed E-state index contributed by atoms with van der Waals surface area (Å²) in [6, 6.07) is 25.7. The van der Waals surface area contributed by atoms with Crippen LogP contribution in [0.25, 0.3) is 0 Å². The Balaban J connectivity index is 1.68. The number of nitrogens with two attached hydrogens (primary N) is 1. The topological polar surface area (TPSA) is 26.0 Å². The molecule has 0 amide bonds. The molecule has 0 aliphatic carbocycles. The van der Waals surface area contributed by atoms with Gasteiger partial charge in [-0.3, -0.25) is 0 Å². The molecule has 1 nitrogen and oxygen atoms in total. The zero-order chi connectivity index (χ0) is 15.4. The van der Waals surface area contributed by atoms with E-state index in [1.54, 1.807) is 0 Å². The summed E-state index contributed by atoms with van der Waals surface area (Å²) in [5.41, 5.74) is 13.2. The second-order valence-corrected chi connectivity index (χ2v) is 5.90. The van der Waals surface area contributed by atoms with E-state index >= 15 is 0 Å². The minimum absolute atomic E-state index is 0.827. The van der Waals surface area contributed by atoms with Crippen LogP contribution in [0.15, 0.2) is 72.8 Å². The molecule has 0 aliphatic rings. The van der Waals surface area contributed by atoms with Crippen LogP contribution in [-0.4, -0.2) is 0 Å². The Bertz CT molecular complexity index is 740. The van der Waals surface area contributed by atoms with Crippen LogP contribution in [-0.2, 0) is 12.8 Å². The highest BCUT2D eigenvalue weighted by Crippen LogP contribution is 2.15. The Morgan fingerprint density at radius 2 is 1.14 bits per heavy atom. The third-order valence-electron chi connectivity index (χ3n) is 3.91. The van der Waals surface area contributed by atoms with Gasteiger partial charge in [0.25, 0.3) is 0 Å². The number of hydrogen-bond donors (Lipinski definition) is 1. The van der Waals surface area contributed by atoms with Gasteiger partial charge in [0.05, 0.1) is 0 Å². The first kappa shape index (κ1) is 14.4. The van der Waals surface area contributed by atoms with Crippen LogP contribution in [0.1, 0.15) is 27.8 Å². The SMILES string of the molecule is Cc1ccc(Cc2ccc(Cc3cccc(N)c3)cc2)cc1. The van der Waals surface area contributed by atoms with Gasteiger partial charge in [-0.25, -0.2) is 0 Å². The molecule has 0 bridgehead atoms. The Hall–Kier alpha value is -2.54. The molecule has 1 heteroatoms. The summed E-state index contributed by atoms with van der Waals surface area (Å²) in [6.07, 6.45) is 1.91. The van der Waals surface area contributed by atoms with Gasteiger partial charge >= 0.3 is 0 Å². The normalized spacial score (nSPS) is 10.6. The van der Waals surface area contributed by atoms with Crippen molar-refractivity contribution in [2.75, 3.05) is 5.73 Å². The molecule has 3 rings (SSSR count). The third-order valence-corrected chi connectivity index (χ3v) is 3.91. The van der Waals surface area contributed by atoms with Gasteiger partial charge in [0, 0.05) is 5.69 Å². The molecule has 110 valence electrons. The Kier molecular flexibility index (Phi) is 4.24. The standard InChI is InChI=1S/C21H21N/c1-16-5-7-17(8-6-16)13-18-9-11-19(12-10-18)14-20-3-2-4-21(22)15-20/h2-12,15H,13-14,22H2,1H3. The van der Waals surface area contributed by atoms with E-state index in [0.717, 1.165) is 18.5 Å². The highest BCUT2D eigenvalue weighted by atomic mass is 14.5. The number of hydrogen-bond acceptors (Lipinski definition) is 1. The first-order valence-corrected chi connectivity index (χ1v) is 7.67. The molecule has 0 unspecified atom stereocenters. The molecule has 0 aromatic heterocycles. The van der Waals surface area contributed by atoms with Crippen LogP contribution >= 0.6 is 0 Å². The van der Waals surface area contributed by atoms with E-state index in [9.17, 15) is 0 Å². The number of benzene rings is 3. The van der Waals surface area contributed by atoms with E-state index in [4.69, 9.17) is 5.73 Å². The highest BCUT2D eigenvalue weighted by molar-refractivity contribution is 5.42. The smallest absolute Gasteiger partial charge is 0.0316 e. The van der Waals surface area contributed by atoms with E-state index in [2.05, 4.69) is 61.5 Å². The van der Waals surface area contributed by atoms with E-state index < -0.39 is 0 Å². The lowest BCUT2D eigenvalue weighted by Crippen LogP contribution is -1.92. The fourth-order valence-electron chi connectivity index (χ4n) is 2.66. The summed E-state index contributed by atoms with van der Waals surface area (Å²) in [7, 11) is 0. The molecule has 0 atom stereocenters. The van der Waals surface area contributed by atoms with E-state index in [1.165, 1.54) is 27.8 Å². The van der Waals surface area contributed by atoms with E-state index in [1.807, 2.05) is 18.2 Å². The van der Waals surface area contributed by atoms with Crippen LogP contribution < -0.4 is 5.73 Å². The molecule has 3 aromatic rings. The van der Waals surface area contributed by atoms with Crippen molar-refractivity contribution in [3.63, 3.8) is 0 Å². The van der Waals surface area contributed by atoms with Gasteiger partial charge in [0.15, 0.2) is 0 Å². The molecule has 0 heterocycles. The lowest BCUT2D eigenvalue weighted by Gasteiger charge is -2.06. The van der Waals surface area contributed by atoms with Gasteiger partial charge in [-0.15, -0.1) is 0 Å². The van der Waals surface area contributed by atoms with E-state index in [-0.39, 0.29) is 0 Å². The average molecular weight is 287 g/mol. The van der Waals surface area contributed by atoms with Crippen molar-refractivity contribution in [3.8, 4) is 0 Å². The van der Waals surface area contributed by atoms with Crippen LogP contribution in [0.5, 0.6) is 0 Å². The minimum Gasteiger partial charge on any atom is -0.399 e. The lowest BCUT2D eigenvalue weighted by molar-refractivity contribution is 1.15. The predicted octanol–water partition coefficient (Wildman–Crippen LogP) is 4.76. The number of anilines is 1. The summed E-state index contributed by atoms with van der Waals surface area (Å²) >= 11 is 0. The molecular formula is C21H21N. The monoisotopic (exact) mass is 287 g/mol. The molecule has 0 aliphatic heterocycles. The zero-order valence-electron chi connectivity index (χ0n) is 12.9. The van der Waals surface area contributed by atoms with Crippen LogP contribution in [0.4, 0.5) is 5.69 Å². The van der Waals surface area contributed by atoms with Crippen molar-refractivity contribution in [2.24, 2.45) is 0 Å². The quantitative estimate of drug-likeness (QED) is 0.688. The van der Waals surface area contributed by atoms with Gasteiger partial charge in [-0.2, -0.15) is 0 Å². The van der Waals surface area contributed by atoms with Gasteiger partial charge in [0.2, 0.25) is 0 Å². The fourth-order valence-corrected chi connectivity index (χ4v) is 2.66. The third kappa shape index (κ3) is 3.76. The Morgan fingerprint density at radius 3 is 1.68 bits per heavy atom. The highest BCUT2D eigenvalue weighted by Gasteiger charge is 2.00. The van der Waals surface area contributed by atoms with Gasteiger partial charge in [0.1, 0.15) is 0 Å². The van der Waals surface area contributed by atoms with Crippen molar-refractivity contribution < 1.29 is 0 Å². The molecule has 3 aromatic carbocycles. The second-order valence-electron chi connectivity index (χ2n) is 5.90. The van der Waals surface area contributed by atoms with Crippen molar-refractivity contribution >= 4 is 5.69 Å². The van der Waals surface area contributed by atoms with Crippen molar-refractivity contribution in [3.05, 3.63) is 101 Å². The summed E-state index contributed by atoms with van der Waals surface area (Å²) in [5.74, 6) is 0. The predicted molar refractivity (Wildman–Crippen MR) is 94.1 cm³/mol. The Morgan fingerprint density at radius 1 is 0.636 bits per heavy atom. The van der Waals surface area contributed by atoms with Gasteiger partial charge in [-0.1, -0.05) is 66.2 Å². The molecule has 2 N–H and O–H groups in total. The Labute approximate surface area is 132 Å². The van der Waals surface area contributed by atoms with Crippen molar-refractivity contribution in [1.82, 2.24) is 0 Å². The lowest BCUT2D eigenvalue weighted by atomic mass is 10.00. The van der Waals surface area contributed by atoms with Crippen molar-refractivity contribution in [2.45, 2.75) is 19.8 Å². The maximum Gasteiger partial charge on any atom is 0.0316 e. The first-order valence-electron chi connectivity index (χ1n) is 7.67. The molecule has 22 heavy (non-hydrogen) atoms. The zero-order valence-corrected chi connectivity index (χ0v) is 12.9. The van der Waals surface area contributed by atoms with Gasteiger partial charge in [-0.05, 0) is 54.2 Å². The molecule has 0 radical (unpaired) electrons. The van der Waals surface area contributed by atoms with E-state index in [0.29, 0.717) is 0 Å². The minimum atomic E-state index is 0.827. The molecule has 0 saturated heterocycles. The maximum atomic E-state index is 5.83. The number of nitrogen functional groups attached to an aromatic ring is 1. The van der Waals surface area contributed by atoms with Gasteiger partial charge < -0.3 is 5.73 Å². The molecule has 0 spiro atoms. The van der Waals surface area contributed by atoms with Crippen LogP contribution in [0, 0.1) is 6.92 Å². The first-order chi connectivity index (χ1) is 10.7. The summed E-state index contributed by atoms with van der Waals surface area (Å²) in [5, 5.41) is 0. The average Bonchev–Trinajstić information content (AvgIpc) is 2.52. The fraction of sp³-hybridized carbons (Fsp3) is 0.143. The van der Waals surface area contributed by atoms with Crippen LogP contribution in [0.3, 0.4) is 0 Å². The van der Waals surface area contributed by atoms with Crippen LogP contribution in [0.2, 0.25) is 0 Å². The number of rotatable bonds is 4. The summed E-state index contributed by atoms with van der Waals surface area (Å²) in [6.45, 7) is 2.12. The molecule has 0 saturated carbocycles. The molecule has 0 fully saturated rings. The van der Waals surface area contributed by atoms with Crippen molar-refractivity contribution in [1.29, 1.82) is 0 Å². The summed E-state index contributed by atoms with van der Waals surface area (Å²) in [4.78, 5) is 0. The largest absolute Gasteiger partial charge is 0.399 e. The summed E-state index contributed by atoms with van der Waals surface area (Å²) < 4.78 is 0. The number of aryl methyl sites for hydroxylation is 1. The molecular weight excluding hydrogens is 266 g/mol.